The maximum Gasteiger partial charge on any atom is 0.242 e. The zero-order valence-electron chi connectivity index (χ0n) is 8.29. The van der Waals surface area contributed by atoms with Gasteiger partial charge in [0.25, 0.3) is 0 Å². The Morgan fingerprint density at radius 2 is 2.15 bits per heavy atom. The van der Waals surface area contributed by atoms with Crippen molar-refractivity contribution >= 4 is 5.91 Å². The zero-order chi connectivity index (χ0) is 10.1. The Kier molecular flexibility index (Phi) is 2.93. The molecule has 1 fully saturated rings. The van der Waals surface area contributed by atoms with Gasteiger partial charge in [-0.25, -0.2) is 0 Å². The van der Waals surface area contributed by atoms with Crippen LogP contribution in [0.3, 0.4) is 0 Å². The molecule has 1 saturated carbocycles. The lowest BCUT2D eigenvalue weighted by atomic mass is 10.1. The maximum absolute atomic E-state index is 11.7. The van der Waals surface area contributed by atoms with Crippen molar-refractivity contribution in [1.82, 2.24) is 4.90 Å². The lowest BCUT2D eigenvalue weighted by Gasteiger charge is -2.28. The van der Waals surface area contributed by atoms with Gasteiger partial charge in [-0.3, -0.25) is 4.79 Å². The second-order valence-electron chi connectivity index (χ2n) is 4.18. The average molecular weight is 186 g/mol. The van der Waals surface area contributed by atoms with E-state index in [4.69, 9.17) is 10.8 Å². The molecule has 76 valence electrons. The highest BCUT2D eigenvalue weighted by atomic mass is 16.3. The zero-order valence-corrected chi connectivity index (χ0v) is 8.29. The highest BCUT2D eigenvalue weighted by Gasteiger charge is 2.37. The lowest BCUT2D eigenvalue weighted by Crippen LogP contribution is -2.52. The molecule has 0 atom stereocenters. The second kappa shape index (κ2) is 3.64. The van der Waals surface area contributed by atoms with Crippen LogP contribution >= 0.6 is 0 Å². The van der Waals surface area contributed by atoms with Crippen LogP contribution < -0.4 is 5.73 Å². The van der Waals surface area contributed by atoms with Gasteiger partial charge >= 0.3 is 0 Å². The monoisotopic (exact) mass is 186 g/mol. The fourth-order valence-corrected chi connectivity index (χ4v) is 1.31. The van der Waals surface area contributed by atoms with Crippen LogP contribution in [0.25, 0.3) is 0 Å². The minimum atomic E-state index is -0.822. The molecule has 1 rings (SSSR count). The first-order valence-electron chi connectivity index (χ1n) is 4.67. The third-order valence-corrected chi connectivity index (χ3v) is 2.14. The Labute approximate surface area is 78.7 Å². The van der Waals surface area contributed by atoms with E-state index >= 15 is 0 Å². The Morgan fingerprint density at radius 3 is 2.46 bits per heavy atom. The molecule has 1 amide bonds. The molecule has 1 aliphatic rings. The van der Waals surface area contributed by atoms with Crippen molar-refractivity contribution in [3.63, 3.8) is 0 Å². The van der Waals surface area contributed by atoms with Crippen molar-refractivity contribution in [1.29, 1.82) is 0 Å². The summed E-state index contributed by atoms with van der Waals surface area (Å²) in [4.78, 5) is 13.4. The quantitative estimate of drug-likeness (QED) is 0.634. The minimum Gasteiger partial charge on any atom is -0.395 e. The summed E-state index contributed by atoms with van der Waals surface area (Å²) in [5.41, 5.74) is 4.88. The largest absolute Gasteiger partial charge is 0.395 e. The van der Waals surface area contributed by atoms with Crippen molar-refractivity contribution in [3.8, 4) is 0 Å². The number of nitrogens with zero attached hydrogens (tertiary/aromatic N) is 1. The number of nitrogens with two attached hydrogens (primary N) is 1. The third-order valence-electron chi connectivity index (χ3n) is 2.14. The number of aliphatic hydroxyl groups excluding tert-OH is 1. The topological polar surface area (TPSA) is 66.6 Å². The van der Waals surface area contributed by atoms with Crippen LogP contribution in [0.2, 0.25) is 0 Å². The molecule has 0 unspecified atom stereocenters. The molecular formula is C9H18N2O2. The minimum absolute atomic E-state index is 0.0122. The van der Waals surface area contributed by atoms with Crippen molar-refractivity contribution in [2.45, 2.75) is 38.3 Å². The molecule has 0 aromatic rings. The van der Waals surface area contributed by atoms with E-state index in [1.807, 2.05) is 0 Å². The maximum atomic E-state index is 11.7. The van der Waals surface area contributed by atoms with Gasteiger partial charge in [-0.2, -0.15) is 0 Å². The van der Waals surface area contributed by atoms with Crippen LogP contribution in [-0.2, 0) is 4.79 Å². The molecule has 0 aliphatic heterocycles. The fourth-order valence-electron chi connectivity index (χ4n) is 1.31. The smallest absolute Gasteiger partial charge is 0.242 e. The highest BCUT2D eigenvalue weighted by Crippen LogP contribution is 2.27. The van der Waals surface area contributed by atoms with Crippen molar-refractivity contribution in [2.24, 2.45) is 5.73 Å². The van der Waals surface area contributed by atoms with E-state index in [-0.39, 0.29) is 12.5 Å². The number of carbonyl (C=O) groups is 1. The first kappa shape index (κ1) is 10.5. The summed E-state index contributed by atoms with van der Waals surface area (Å²) in [6.07, 6.45) is 2.09. The van der Waals surface area contributed by atoms with E-state index in [1.165, 1.54) is 0 Å². The molecule has 3 N–H and O–H groups in total. The molecule has 0 bridgehead atoms. The standard InChI is InChI=1S/C9H18N2O2/c1-9(2,10)8(13)11(5-6-12)7-3-4-7/h7,12H,3-6,10H2,1-2H3. The number of aliphatic hydroxyl groups is 1. The van der Waals surface area contributed by atoms with E-state index in [2.05, 4.69) is 0 Å². The number of hydrogen-bond donors (Lipinski definition) is 2. The fraction of sp³-hybridized carbons (Fsp3) is 0.889. The first-order chi connectivity index (χ1) is 5.96. The molecule has 0 aromatic carbocycles. The van der Waals surface area contributed by atoms with Crippen LogP contribution in [0.5, 0.6) is 0 Å². The summed E-state index contributed by atoms with van der Waals surface area (Å²) in [5, 5.41) is 8.79. The van der Waals surface area contributed by atoms with Gasteiger partial charge in [0.1, 0.15) is 0 Å². The molecule has 4 heteroatoms. The molecule has 0 saturated heterocycles. The Hall–Kier alpha value is -0.610. The molecule has 4 nitrogen and oxygen atoms in total. The molecule has 13 heavy (non-hydrogen) atoms. The highest BCUT2D eigenvalue weighted by molar-refractivity contribution is 5.85. The van der Waals surface area contributed by atoms with Gasteiger partial charge in [-0.1, -0.05) is 0 Å². The number of rotatable bonds is 4. The molecular weight excluding hydrogens is 168 g/mol. The summed E-state index contributed by atoms with van der Waals surface area (Å²) in [7, 11) is 0. The number of hydrogen-bond acceptors (Lipinski definition) is 3. The van der Waals surface area contributed by atoms with Crippen LogP contribution in [0.15, 0.2) is 0 Å². The molecule has 0 aromatic heterocycles. The van der Waals surface area contributed by atoms with Gasteiger partial charge in [-0.05, 0) is 26.7 Å². The van der Waals surface area contributed by atoms with Crippen molar-refractivity contribution < 1.29 is 9.90 Å². The van der Waals surface area contributed by atoms with Gasteiger partial charge in [0.15, 0.2) is 0 Å². The van der Waals surface area contributed by atoms with Crippen LogP contribution in [0.4, 0.5) is 0 Å². The van der Waals surface area contributed by atoms with Crippen molar-refractivity contribution in [3.05, 3.63) is 0 Å². The predicted molar refractivity (Wildman–Crippen MR) is 50.1 cm³/mol. The summed E-state index contributed by atoms with van der Waals surface area (Å²) in [6, 6.07) is 0.322. The summed E-state index contributed by atoms with van der Waals surface area (Å²) in [6.45, 7) is 3.81. The van der Waals surface area contributed by atoms with E-state index in [0.717, 1.165) is 12.8 Å². The summed E-state index contributed by atoms with van der Waals surface area (Å²) < 4.78 is 0. The van der Waals surface area contributed by atoms with E-state index < -0.39 is 5.54 Å². The SMILES string of the molecule is CC(C)(N)C(=O)N(CCO)C1CC1. The number of carbonyl (C=O) groups excluding carboxylic acids is 1. The first-order valence-corrected chi connectivity index (χ1v) is 4.67. The Morgan fingerprint density at radius 1 is 1.62 bits per heavy atom. The lowest BCUT2D eigenvalue weighted by molar-refractivity contribution is -0.136. The van der Waals surface area contributed by atoms with E-state index in [1.54, 1.807) is 18.7 Å². The average Bonchev–Trinajstić information content (AvgIpc) is 2.79. The molecule has 0 spiro atoms. The van der Waals surface area contributed by atoms with Crippen LogP contribution in [-0.4, -0.2) is 40.6 Å². The molecule has 1 aliphatic carbocycles. The normalized spacial score (nSPS) is 17.2. The summed E-state index contributed by atoms with van der Waals surface area (Å²) >= 11 is 0. The third kappa shape index (κ3) is 2.67. The predicted octanol–water partition coefficient (Wildman–Crippen LogP) is -0.293. The van der Waals surface area contributed by atoms with Gasteiger partial charge in [0, 0.05) is 12.6 Å². The Balaban J connectivity index is 2.58. The van der Waals surface area contributed by atoms with Crippen LogP contribution in [0, 0.1) is 0 Å². The van der Waals surface area contributed by atoms with Crippen LogP contribution in [0.1, 0.15) is 26.7 Å². The second-order valence-corrected chi connectivity index (χ2v) is 4.18. The summed E-state index contributed by atoms with van der Waals surface area (Å²) in [5.74, 6) is -0.0657. The molecule has 0 radical (unpaired) electrons. The van der Waals surface area contributed by atoms with Crippen molar-refractivity contribution in [2.75, 3.05) is 13.2 Å². The Bertz CT molecular complexity index is 194. The van der Waals surface area contributed by atoms with Gasteiger partial charge < -0.3 is 15.7 Å². The van der Waals surface area contributed by atoms with Gasteiger partial charge in [0.2, 0.25) is 5.91 Å². The van der Waals surface area contributed by atoms with Gasteiger partial charge in [0.05, 0.1) is 12.1 Å². The molecule has 0 heterocycles. The van der Waals surface area contributed by atoms with Gasteiger partial charge in [-0.15, -0.1) is 0 Å². The van der Waals surface area contributed by atoms with E-state index in [0.29, 0.717) is 12.6 Å². The van der Waals surface area contributed by atoms with E-state index in [9.17, 15) is 4.79 Å². The number of amides is 1.